The van der Waals surface area contributed by atoms with E-state index in [0.717, 1.165) is 103 Å². The number of phosphoric acid groups is 2. The van der Waals surface area contributed by atoms with Gasteiger partial charge in [0.05, 0.1) is 26.4 Å². The van der Waals surface area contributed by atoms with Crippen LogP contribution in [0.4, 0.5) is 0 Å². The Morgan fingerprint density at radius 2 is 0.404 bits per heavy atom. The maximum Gasteiger partial charge on any atom is 0.472 e. The lowest BCUT2D eigenvalue weighted by Gasteiger charge is -2.21. The molecule has 0 saturated carbocycles. The number of hydrogen-bond acceptors (Lipinski definition) is 15. The Bertz CT molecular complexity index is 1880. The minimum atomic E-state index is -4.96. The fourth-order valence-electron chi connectivity index (χ4n) is 12.5. The molecule has 0 radical (unpaired) electrons. The van der Waals surface area contributed by atoms with Crippen LogP contribution < -0.4 is 0 Å². The highest BCUT2D eigenvalue weighted by Gasteiger charge is 2.30. The average molecular weight is 1450 g/mol. The van der Waals surface area contributed by atoms with Crippen molar-refractivity contribution in [2.75, 3.05) is 39.6 Å². The quantitative estimate of drug-likeness (QED) is 0.0222. The highest BCUT2D eigenvalue weighted by Crippen LogP contribution is 2.45. The van der Waals surface area contributed by atoms with Crippen molar-refractivity contribution in [3.05, 3.63) is 0 Å². The van der Waals surface area contributed by atoms with E-state index in [1.54, 1.807) is 0 Å². The van der Waals surface area contributed by atoms with Gasteiger partial charge in [-0.1, -0.05) is 381 Å². The van der Waals surface area contributed by atoms with Gasteiger partial charge in [0.15, 0.2) is 12.2 Å². The lowest BCUT2D eigenvalue weighted by molar-refractivity contribution is -0.161. The minimum absolute atomic E-state index is 0.108. The van der Waals surface area contributed by atoms with Gasteiger partial charge in [-0.15, -0.1) is 0 Å². The zero-order chi connectivity index (χ0) is 72.5. The van der Waals surface area contributed by atoms with E-state index in [2.05, 4.69) is 27.7 Å². The first-order valence-electron chi connectivity index (χ1n) is 41.8. The van der Waals surface area contributed by atoms with Gasteiger partial charge in [0.2, 0.25) is 0 Å². The highest BCUT2D eigenvalue weighted by molar-refractivity contribution is 7.47. The van der Waals surface area contributed by atoms with Crippen LogP contribution in [0.1, 0.15) is 432 Å². The fourth-order valence-corrected chi connectivity index (χ4v) is 14.0. The lowest BCUT2D eigenvalue weighted by Crippen LogP contribution is -2.30. The maximum absolute atomic E-state index is 13.1. The Labute approximate surface area is 607 Å². The largest absolute Gasteiger partial charge is 0.472 e. The van der Waals surface area contributed by atoms with Crippen LogP contribution >= 0.6 is 15.6 Å². The standard InChI is InChI=1S/C80H156O17P2/c1-5-9-13-17-21-24-27-30-33-35-36-37-39-42-45-48-51-55-59-63-67-80(85)97-76(71-91-78(83)65-61-57-53-49-46-43-41-38-34-31-28-25-22-18-14-10-6-2)73-95-99(88,89)93-69-74(81)68-92-98(86,87)94-72-75(70-90-77(82)64-60-56-52-20-16-12-8-4)96-79(84)66-62-58-54-50-47-44-40-32-29-26-23-19-15-11-7-3/h74-76,81H,5-73H2,1-4H3,(H,86,87)(H,88,89)/t74-,75+,76+/m0/s1. The van der Waals surface area contributed by atoms with Crippen molar-refractivity contribution in [3.8, 4) is 0 Å². The Balaban J connectivity index is 5.17. The molecule has 0 aromatic heterocycles. The van der Waals surface area contributed by atoms with Gasteiger partial charge in [0.25, 0.3) is 0 Å². The summed E-state index contributed by atoms with van der Waals surface area (Å²) in [5.74, 6) is -2.11. The van der Waals surface area contributed by atoms with E-state index in [9.17, 15) is 43.2 Å². The average Bonchev–Trinajstić information content (AvgIpc) is 0.971. The first kappa shape index (κ1) is 97.1. The van der Waals surface area contributed by atoms with Crippen molar-refractivity contribution in [1.29, 1.82) is 0 Å². The highest BCUT2D eigenvalue weighted by atomic mass is 31.2. The summed E-state index contributed by atoms with van der Waals surface area (Å²) in [7, 11) is -9.91. The van der Waals surface area contributed by atoms with Crippen molar-refractivity contribution in [3.63, 3.8) is 0 Å². The molecule has 0 aliphatic rings. The zero-order valence-electron chi connectivity index (χ0n) is 64.5. The zero-order valence-corrected chi connectivity index (χ0v) is 66.3. The van der Waals surface area contributed by atoms with Crippen LogP contribution in [0.5, 0.6) is 0 Å². The molecule has 17 nitrogen and oxygen atoms in total. The molecule has 0 heterocycles. The second kappa shape index (κ2) is 74.3. The molecule has 0 amide bonds. The van der Waals surface area contributed by atoms with E-state index in [0.29, 0.717) is 25.7 Å². The number of unbranched alkanes of at least 4 members (excludes halogenated alkanes) is 55. The second-order valence-corrected chi connectivity index (χ2v) is 31.7. The number of hydrogen-bond donors (Lipinski definition) is 3. The van der Waals surface area contributed by atoms with E-state index in [1.807, 2.05) is 0 Å². The SMILES string of the molecule is CCCCCCCCCCCCCCCCCCCCCCC(=O)O[C@H](COC(=O)CCCCCCCCCCCCCCCCCCC)COP(=O)(O)OC[C@@H](O)COP(=O)(O)OC[C@@H](COC(=O)CCCCCCCCC)OC(=O)CCCCCCCCCCCCCCCCC. The molecule has 99 heavy (non-hydrogen) atoms. The van der Waals surface area contributed by atoms with Crippen LogP contribution in [-0.2, 0) is 65.4 Å². The van der Waals surface area contributed by atoms with E-state index >= 15 is 0 Å². The molecule has 0 rings (SSSR count). The molecule has 0 aliphatic carbocycles. The van der Waals surface area contributed by atoms with Crippen molar-refractivity contribution < 1.29 is 80.2 Å². The van der Waals surface area contributed by atoms with Gasteiger partial charge in [-0.05, 0) is 25.7 Å². The summed E-state index contributed by atoms with van der Waals surface area (Å²) in [5, 5.41) is 10.6. The summed E-state index contributed by atoms with van der Waals surface area (Å²) in [6, 6.07) is 0. The monoisotopic (exact) mass is 1450 g/mol. The van der Waals surface area contributed by atoms with Crippen LogP contribution in [0.2, 0.25) is 0 Å². The molecule has 588 valence electrons. The first-order chi connectivity index (χ1) is 48.2. The third-order valence-electron chi connectivity index (χ3n) is 18.9. The normalized spacial score (nSPS) is 13.8. The molecule has 0 aromatic rings. The van der Waals surface area contributed by atoms with Gasteiger partial charge in [-0.3, -0.25) is 37.3 Å². The number of esters is 4. The van der Waals surface area contributed by atoms with Crippen LogP contribution in [0.25, 0.3) is 0 Å². The number of carbonyl (C=O) groups excluding carboxylic acids is 4. The van der Waals surface area contributed by atoms with Crippen LogP contribution in [0.15, 0.2) is 0 Å². The van der Waals surface area contributed by atoms with Crippen LogP contribution in [0, 0.1) is 0 Å². The minimum Gasteiger partial charge on any atom is -0.462 e. The summed E-state index contributed by atoms with van der Waals surface area (Å²) in [5.41, 5.74) is 0. The molecule has 3 N–H and O–H groups in total. The van der Waals surface area contributed by atoms with Crippen molar-refractivity contribution in [2.24, 2.45) is 0 Å². The second-order valence-electron chi connectivity index (χ2n) is 28.8. The first-order valence-corrected chi connectivity index (χ1v) is 44.8. The topological polar surface area (TPSA) is 237 Å². The number of aliphatic hydroxyl groups is 1. The molecular formula is C80H156O17P2. The Hall–Kier alpha value is -1.94. The van der Waals surface area contributed by atoms with Crippen molar-refractivity contribution >= 4 is 39.5 Å². The van der Waals surface area contributed by atoms with Gasteiger partial charge < -0.3 is 33.8 Å². The molecule has 0 bridgehead atoms. The molecule has 0 fully saturated rings. The Morgan fingerprint density at radius 3 is 0.596 bits per heavy atom. The number of phosphoric ester groups is 2. The summed E-state index contributed by atoms with van der Waals surface area (Å²) in [6.07, 6.45) is 66.8. The summed E-state index contributed by atoms with van der Waals surface area (Å²) < 4.78 is 68.6. The lowest BCUT2D eigenvalue weighted by atomic mass is 10.0. The number of aliphatic hydroxyl groups excluding tert-OH is 1. The Kier molecular flexibility index (Phi) is 72.9. The molecule has 0 saturated heterocycles. The number of carbonyl (C=O) groups is 4. The predicted octanol–water partition coefficient (Wildman–Crippen LogP) is 24.2. The van der Waals surface area contributed by atoms with Gasteiger partial charge in [0, 0.05) is 25.7 Å². The third kappa shape index (κ3) is 74.1. The van der Waals surface area contributed by atoms with E-state index < -0.39 is 97.5 Å². The summed E-state index contributed by atoms with van der Waals surface area (Å²) in [6.45, 7) is 4.98. The Morgan fingerprint density at radius 1 is 0.242 bits per heavy atom. The van der Waals surface area contributed by atoms with E-state index in [4.69, 9.17) is 37.0 Å². The van der Waals surface area contributed by atoms with Crippen LogP contribution in [-0.4, -0.2) is 96.7 Å². The molecule has 2 unspecified atom stereocenters. The summed E-state index contributed by atoms with van der Waals surface area (Å²) in [4.78, 5) is 72.8. The maximum atomic E-state index is 13.1. The smallest absolute Gasteiger partial charge is 0.462 e. The number of rotatable bonds is 81. The third-order valence-corrected chi connectivity index (χ3v) is 20.8. The predicted molar refractivity (Wildman–Crippen MR) is 405 cm³/mol. The van der Waals surface area contributed by atoms with Gasteiger partial charge in [-0.2, -0.15) is 0 Å². The fraction of sp³-hybridized carbons (Fsp3) is 0.950. The molecular weight excluding hydrogens is 1290 g/mol. The van der Waals surface area contributed by atoms with Crippen LogP contribution in [0.3, 0.4) is 0 Å². The van der Waals surface area contributed by atoms with Crippen molar-refractivity contribution in [2.45, 2.75) is 451 Å². The van der Waals surface area contributed by atoms with Gasteiger partial charge >= 0.3 is 39.5 Å². The van der Waals surface area contributed by atoms with Gasteiger partial charge in [-0.25, -0.2) is 9.13 Å². The molecule has 0 spiro atoms. The van der Waals surface area contributed by atoms with E-state index in [1.165, 1.54) is 250 Å². The van der Waals surface area contributed by atoms with Gasteiger partial charge in [0.1, 0.15) is 19.3 Å². The molecule has 19 heteroatoms. The molecule has 0 aliphatic heterocycles. The molecule has 0 aromatic carbocycles. The number of ether oxygens (including phenoxy) is 4. The van der Waals surface area contributed by atoms with Crippen molar-refractivity contribution in [1.82, 2.24) is 0 Å². The summed E-state index contributed by atoms with van der Waals surface area (Å²) >= 11 is 0. The van der Waals surface area contributed by atoms with E-state index in [-0.39, 0.29) is 25.7 Å². The molecule has 5 atom stereocenters.